The Morgan fingerprint density at radius 2 is 1.79 bits per heavy atom. The average molecular weight is 332 g/mol. The molecule has 0 radical (unpaired) electrons. The Hall–Kier alpha value is -2.83. The number of hydrogen-bond acceptors (Lipinski definition) is 4. The summed E-state index contributed by atoms with van der Waals surface area (Å²) in [5.41, 5.74) is 0.893. The maximum absolute atomic E-state index is 12.4. The number of allylic oxidation sites excluding steroid dienone is 2. The second-order valence-corrected chi connectivity index (χ2v) is 5.58. The lowest BCUT2D eigenvalue weighted by molar-refractivity contribution is -0.146. The van der Waals surface area contributed by atoms with Crippen molar-refractivity contribution in [2.24, 2.45) is 11.8 Å². The van der Waals surface area contributed by atoms with Gasteiger partial charge < -0.3 is 20.5 Å². The zero-order valence-corrected chi connectivity index (χ0v) is 13.5. The minimum atomic E-state index is -0.979. The molecule has 0 spiro atoms. The van der Waals surface area contributed by atoms with Gasteiger partial charge >= 0.3 is 5.97 Å². The van der Waals surface area contributed by atoms with Gasteiger partial charge in [-0.05, 0) is 31.0 Å². The summed E-state index contributed by atoms with van der Waals surface area (Å²) in [7, 11) is 1.48. The topological polar surface area (TPSA) is 105 Å². The van der Waals surface area contributed by atoms with Gasteiger partial charge in [-0.1, -0.05) is 12.2 Å². The van der Waals surface area contributed by atoms with E-state index in [2.05, 4.69) is 10.6 Å². The minimum Gasteiger partial charge on any atom is -0.495 e. The largest absolute Gasteiger partial charge is 0.495 e. The number of rotatable bonds is 5. The van der Waals surface area contributed by atoms with Crippen molar-refractivity contribution >= 4 is 29.2 Å². The molecule has 0 aliphatic heterocycles. The second kappa shape index (κ2) is 7.63. The summed E-state index contributed by atoms with van der Waals surface area (Å²) in [5, 5.41) is 14.6. The maximum Gasteiger partial charge on any atom is 0.307 e. The number of carbonyl (C=O) groups is 3. The van der Waals surface area contributed by atoms with Crippen LogP contribution in [0.2, 0.25) is 0 Å². The highest BCUT2D eigenvalue weighted by molar-refractivity contribution is 5.97. The summed E-state index contributed by atoms with van der Waals surface area (Å²) in [4.78, 5) is 35.0. The first kappa shape index (κ1) is 17.5. The number of carboxylic acid groups (broad SMARTS) is 1. The molecule has 7 nitrogen and oxygen atoms in total. The molecule has 1 aliphatic carbocycles. The van der Waals surface area contributed by atoms with E-state index in [-0.39, 0.29) is 11.8 Å². The SMILES string of the molecule is COc1ccc(NC(=O)[C@H]2CC=CC[C@H]2C(=O)O)cc1NC(C)=O. The second-order valence-electron chi connectivity index (χ2n) is 5.58. The first-order valence-corrected chi connectivity index (χ1v) is 7.56. The number of nitrogens with one attached hydrogen (secondary N) is 2. The first-order valence-electron chi connectivity index (χ1n) is 7.56. The number of hydrogen-bond donors (Lipinski definition) is 3. The fourth-order valence-electron chi connectivity index (χ4n) is 2.68. The molecule has 0 heterocycles. The Labute approximate surface area is 139 Å². The molecule has 7 heteroatoms. The van der Waals surface area contributed by atoms with Gasteiger partial charge in [0.2, 0.25) is 11.8 Å². The lowest BCUT2D eigenvalue weighted by Crippen LogP contribution is -2.34. The Morgan fingerprint density at radius 3 is 2.38 bits per heavy atom. The Kier molecular flexibility index (Phi) is 5.57. The van der Waals surface area contributed by atoms with Crippen LogP contribution in [-0.4, -0.2) is 30.0 Å². The molecule has 0 saturated carbocycles. The summed E-state index contributed by atoms with van der Waals surface area (Å²) < 4.78 is 5.16. The van der Waals surface area contributed by atoms with Crippen LogP contribution in [-0.2, 0) is 14.4 Å². The number of aliphatic carboxylic acids is 1. The van der Waals surface area contributed by atoms with E-state index in [1.807, 2.05) is 6.08 Å². The smallest absolute Gasteiger partial charge is 0.307 e. The number of carboxylic acids is 1. The van der Waals surface area contributed by atoms with E-state index in [0.29, 0.717) is 30.0 Å². The van der Waals surface area contributed by atoms with Crippen molar-refractivity contribution in [3.8, 4) is 5.75 Å². The summed E-state index contributed by atoms with van der Waals surface area (Å²) in [5.74, 6) is -2.49. The molecular formula is C17H20N2O5. The predicted octanol–water partition coefficient (Wildman–Crippen LogP) is 2.26. The van der Waals surface area contributed by atoms with Gasteiger partial charge in [-0.3, -0.25) is 14.4 Å². The Bertz CT molecular complexity index is 684. The molecule has 0 fully saturated rings. The first-order chi connectivity index (χ1) is 11.4. The zero-order valence-electron chi connectivity index (χ0n) is 13.5. The standard InChI is InChI=1S/C17H20N2O5/c1-10(20)18-14-9-11(7-8-15(14)24-2)19-16(21)12-5-3-4-6-13(12)17(22)23/h3-4,7-9,12-13H,5-6H2,1-2H3,(H,18,20)(H,19,21)(H,22,23)/t12-,13+/m0/s1. The van der Waals surface area contributed by atoms with Crippen LogP contribution in [0.15, 0.2) is 30.4 Å². The van der Waals surface area contributed by atoms with Crippen molar-refractivity contribution in [2.45, 2.75) is 19.8 Å². The third-order valence-electron chi connectivity index (χ3n) is 3.86. The maximum atomic E-state index is 12.4. The van der Waals surface area contributed by atoms with Crippen LogP contribution in [0.25, 0.3) is 0 Å². The number of methoxy groups -OCH3 is 1. The summed E-state index contributed by atoms with van der Waals surface area (Å²) in [6.45, 7) is 1.37. The van der Waals surface area contributed by atoms with Gasteiger partial charge in [-0.25, -0.2) is 0 Å². The molecule has 128 valence electrons. The van der Waals surface area contributed by atoms with Gasteiger partial charge in [0, 0.05) is 12.6 Å². The van der Waals surface area contributed by atoms with Crippen LogP contribution in [0, 0.1) is 11.8 Å². The molecule has 24 heavy (non-hydrogen) atoms. The van der Waals surface area contributed by atoms with Crippen molar-refractivity contribution in [3.05, 3.63) is 30.4 Å². The van der Waals surface area contributed by atoms with E-state index in [4.69, 9.17) is 4.74 Å². The van der Waals surface area contributed by atoms with Gasteiger partial charge in [0.25, 0.3) is 0 Å². The van der Waals surface area contributed by atoms with Crippen LogP contribution < -0.4 is 15.4 Å². The molecule has 0 bridgehead atoms. The van der Waals surface area contributed by atoms with Crippen LogP contribution in [0.4, 0.5) is 11.4 Å². The van der Waals surface area contributed by atoms with Crippen molar-refractivity contribution in [3.63, 3.8) is 0 Å². The fraction of sp³-hybridized carbons (Fsp3) is 0.353. The predicted molar refractivity (Wildman–Crippen MR) is 88.9 cm³/mol. The highest BCUT2D eigenvalue weighted by atomic mass is 16.5. The lowest BCUT2D eigenvalue weighted by Gasteiger charge is -2.24. The van der Waals surface area contributed by atoms with Gasteiger partial charge in [0.1, 0.15) is 5.75 Å². The van der Waals surface area contributed by atoms with Crippen LogP contribution in [0.5, 0.6) is 5.75 Å². The number of ether oxygens (including phenoxy) is 1. The van der Waals surface area contributed by atoms with E-state index in [0.717, 1.165) is 0 Å². The molecule has 1 aliphatic rings. The molecule has 0 saturated heterocycles. The van der Waals surface area contributed by atoms with E-state index in [9.17, 15) is 19.5 Å². The van der Waals surface area contributed by atoms with Gasteiger partial charge in [-0.2, -0.15) is 0 Å². The normalized spacial score (nSPS) is 19.4. The quantitative estimate of drug-likeness (QED) is 0.717. The third-order valence-corrected chi connectivity index (χ3v) is 3.86. The molecular weight excluding hydrogens is 312 g/mol. The van der Waals surface area contributed by atoms with Crippen LogP contribution >= 0.6 is 0 Å². The summed E-state index contributed by atoms with van der Waals surface area (Å²) in [6.07, 6.45) is 4.33. The third kappa shape index (κ3) is 4.13. The number of carbonyl (C=O) groups excluding carboxylic acids is 2. The van der Waals surface area contributed by atoms with Crippen molar-refractivity contribution in [1.29, 1.82) is 0 Å². The fourth-order valence-corrected chi connectivity index (χ4v) is 2.68. The molecule has 2 rings (SSSR count). The van der Waals surface area contributed by atoms with E-state index < -0.39 is 17.8 Å². The van der Waals surface area contributed by atoms with Crippen LogP contribution in [0.3, 0.4) is 0 Å². The number of anilines is 2. The van der Waals surface area contributed by atoms with Gasteiger partial charge in [-0.15, -0.1) is 0 Å². The zero-order chi connectivity index (χ0) is 17.7. The molecule has 2 atom stereocenters. The molecule has 0 aromatic heterocycles. The van der Waals surface area contributed by atoms with Crippen molar-refractivity contribution in [1.82, 2.24) is 0 Å². The molecule has 1 aromatic rings. The monoisotopic (exact) mass is 332 g/mol. The van der Waals surface area contributed by atoms with E-state index in [1.54, 1.807) is 24.3 Å². The summed E-state index contributed by atoms with van der Waals surface area (Å²) >= 11 is 0. The molecule has 0 unspecified atom stereocenters. The van der Waals surface area contributed by atoms with Gasteiger partial charge in [0.15, 0.2) is 0 Å². The number of amides is 2. The highest BCUT2D eigenvalue weighted by Crippen LogP contribution is 2.30. The van der Waals surface area contributed by atoms with E-state index in [1.165, 1.54) is 14.0 Å². The van der Waals surface area contributed by atoms with E-state index >= 15 is 0 Å². The summed E-state index contributed by atoms with van der Waals surface area (Å²) in [6, 6.07) is 4.83. The Balaban J connectivity index is 2.17. The van der Waals surface area contributed by atoms with Crippen LogP contribution in [0.1, 0.15) is 19.8 Å². The minimum absolute atomic E-state index is 0.264. The molecule has 1 aromatic carbocycles. The average Bonchev–Trinajstić information content (AvgIpc) is 2.54. The Morgan fingerprint density at radius 1 is 1.12 bits per heavy atom. The number of benzene rings is 1. The lowest BCUT2D eigenvalue weighted by atomic mass is 9.82. The highest BCUT2D eigenvalue weighted by Gasteiger charge is 2.34. The van der Waals surface area contributed by atoms with Crippen molar-refractivity contribution in [2.75, 3.05) is 17.7 Å². The molecule has 2 amide bonds. The van der Waals surface area contributed by atoms with Crippen molar-refractivity contribution < 1.29 is 24.2 Å². The molecule has 3 N–H and O–H groups in total. The van der Waals surface area contributed by atoms with Gasteiger partial charge in [0.05, 0.1) is 24.6 Å².